The Labute approximate surface area is 167 Å². The summed E-state index contributed by atoms with van der Waals surface area (Å²) in [5.41, 5.74) is 1.44. The molecule has 0 amide bonds. The first-order chi connectivity index (χ1) is 14.0. The van der Waals surface area contributed by atoms with Gasteiger partial charge in [-0.15, -0.1) is 0 Å². The molecule has 0 radical (unpaired) electrons. The van der Waals surface area contributed by atoms with Gasteiger partial charge >= 0.3 is 0 Å². The number of aliphatic hydroxyl groups excluding tert-OH is 2. The first kappa shape index (κ1) is 19.7. The van der Waals surface area contributed by atoms with Crippen LogP contribution in [0.15, 0.2) is 53.6 Å². The lowest BCUT2D eigenvalue weighted by atomic mass is 9.96. The Morgan fingerprint density at radius 1 is 1.28 bits per heavy atom. The number of benzene rings is 2. The van der Waals surface area contributed by atoms with Crippen molar-refractivity contribution in [2.24, 2.45) is 0 Å². The molecule has 3 atom stereocenters. The average Bonchev–Trinajstić information content (AvgIpc) is 2.71. The van der Waals surface area contributed by atoms with Crippen molar-refractivity contribution >= 4 is 10.9 Å². The fraction of sp³-hybridized carbons (Fsp3) is 0.364. The number of halogens is 1. The quantitative estimate of drug-likeness (QED) is 0.614. The summed E-state index contributed by atoms with van der Waals surface area (Å²) in [5.74, 6) is -0.377. The summed E-state index contributed by atoms with van der Waals surface area (Å²) in [7, 11) is 0. The molecule has 1 fully saturated rings. The van der Waals surface area contributed by atoms with Crippen LogP contribution in [-0.2, 0) is 6.54 Å². The molecule has 4 rings (SSSR count). The van der Waals surface area contributed by atoms with E-state index in [9.17, 15) is 19.4 Å². The van der Waals surface area contributed by atoms with Gasteiger partial charge in [0.25, 0.3) is 5.56 Å². The number of nitrogens with zero attached hydrogens (tertiary/aromatic N) is 2. The van der Waals surface area contributed by atoms with E-state index in [1.165, 1.54) is 23.0 Å². The highest BCUT2D eigenvalue weighted by molar-refractivity contribution is 5.93. The fourth-order valence-corrected chi connectivity index (χ4v) is 4.00. The summed E-state index contributed by atoms with van der Waals surface area (Å²) in [6.45, 7) is 0.882. The molecule has 3 N–H and O–H groups in total. The van der Waals surface area contributed by atoms with Crippen molar-refractivity contribution < 1.29 is 14.6 Å². The van der Waals surface area contributed by atoms with Crippen molar-refractivity contribution in [1.82, 2.24) is 14.9 Å². The van der Waals surface area contributed by atoms with Crippen LogP contribution in [0.3, 0.4) is 0 Å². The molecule has 2 heterocycles. The Balaban J connectivity index is 1.65. The first-order valence-corrected chi connectivity index (χ1v) is 9.86. The molecule has 1 aliphatic rings. The third kappa shape index (κ3) is 4.22. The highest BCUT2D eigenvalue weighted by Crippen LogP contribution is 2.26. The number of aliphatic hydroxyl groups is 2. The lowest BCUT2D eigenvalue weighted by Crippen LogP contribution is -2.47. The second-order valence-corrected chi connectivity index (χ2v) is 7.57. The third-order valence-electron chi connectivity index (χ3n) is 5.47. The Morgan fingerprint density at radius 3 is 2.90 bits per heavy atom. The third-order valence-corrected chi connectivity index (χ3v) is 5.47. The molecule has 1 saturated heterocycles. The summed E-state index contributed by atoms with van der Waals surface area (Å²) in [6, 6.07) is 11.2. The maximum absolute atomic E-state index is 13.7. The van der Waals surface area contributed by atoms with Crippen molar-refractivity contribution in [2.75, 3.05) is 6.54 Å². The van der Waals surface area contributed by atoms with Gasteiger partial charge in [0.2, 0.25) is 0 Å². The van der Waals surface area contributed by atoms with Gasteiger partial charge in [0.15, 0.2) is 0 Å². The molecule has 0 saturated carbocycles. The average molecular weight is 397 g/mol. The van der Waals surface area contributed by atoms with Crippen molar-refractivity contribution in [1.29, 1.82) is 0 Å². The van der Waals surface area contributed by atoms with Crippen LogP contribution in [-0.4, -0.2) is 44.6 Å². The molecule has 29 heavy (non-hydrogen) atoms. The monoisotopic (exact) mass is 397 g/mol. The number of fused-ring (bicyclic) bond motifs is 1. The predicted octanol–water partition coefficient (Wildman–Crippen LogP) is 2.07. The van der Waals surface area contributed by atoms with Crippen LogP contribution in [0.25, 0.3) is 22.0 Å². The molecule has 152 valence electrons. The van der Waals surface area contributed by atoms with E-state index in [1.54, 1.807) is 30.3 Å². The minimum Gasteiger partial charge on any atom is -0.392 e. The van der Waals surface area contributed by atoms with Crippen LogP contribution >= 0.6 is 0 Å². The number of aromatic nitrogens is 2. The summed E-state index contributed by atoms with van der Waals surface area (Å²) in [6.07, 6.45) is 2.08. The Kier molecular flexibility index (Phi) is 5.71. The van der Waals surface area contributed by atoms with E-state index >= 15 is 0 Å². The van der Waals surface area contributed by atoms with Gasteiger partial charge in [-0.2, -0.15) is 0 Å². The maximum Gasteiger partial charge on any atom is 0.261 e. The van der Waals surface area contributed by atoms with E-state index in [0.29, 0.717) is 34.9 Å². The second-order valence-electron chi connectivity index (χ2n) is 7.57. The van der Waals surface area contributed by atoms with Gasteiger partial charge in [0.1, 0.15) is 5.82 Å². The lowest BCUT2D eigenvalue weighted by Gasteiger charge is -2.30. The summed E-state index contributed by atoms with van der Waals surface area (Å²) in [5, 5.41) is 24.2. The summed E-state index contributed by atoms with van der Waals surface area (Å²) < 4.78 is 15.1. The maximum atomic E-state index is 13.7. The number of rotatable bonds is 5. The Bertz CT molecular complexity index is 1070. The summed E-state index contributed by atoms with van der Waals surface area (Å²) >= 11 is 0. The number of hydrogen-bond donors (Lipinski definition) is 3. The van der Waals surface area contributed by atoms with E-state index < -0.39 is 12.2 Å². The van der Waals surface area contributed by atoms with Crippen molar-refractivity contribution in [2.45, 2.75) is 44.1 Å². The van der Waals surface area contributed by atoms with Gasteiger partial charge in [-0.05, 0) is 55.1 Å². The largest absolute Gasteiger partial charge is 0.392 e. The van der Waals surface area contributed by atoms with Gasteiger partial charge in [-0.3, -0.25) is 9.36 Å². The van der Waals surface area contributed by atoms with E-state index in [2.05, 4.69) is 10.3 Å². The second kappa shape index (κ2) is 8.41. The number of piperidine rings is 1. The lowest BCUT2D eigenvalue weighted by molar-refractivity contribution is 0.0539. The first-order valence-electron chi connectivity index (χ1n) is 9.86. The number of nitrogens with one attached hydrogen (secondary N) is 1. The molecular formula is C22H24FN3O3. The minimum atomic E-state index is -0.807. The molecular weight excluding hydrogens is 373 g/mol. The van der Waals surface area contributed by atoms with Gasteiger partial charge in [0, 0.05) is 6.04 Å². The predicted molar refractivity (Wildman–Crippen MR) is 109 cm³/mol. The van der Waals surface area contributed by atoms with Crippen molar-refractivity contribution in [3.63, 3.8) is 0 Å². The highest BCUT2D eigenvalue weighted by Gasteiger charge is 2.25. The molecule has 0 aliphatic carbocycles. The molecule has 0 bridgehead atoms. The van der Waals surface area contributed by atoms with Crippen LogP contribution in [0.1, 0.15) is 19.3 Å². The molecule has 3 aromatic rings. The van der Waals surface area contributed by atoms with Crippen LogP contribution in [0.4, 0.5) is 4.39 Å². The topological polar surface area (TPSA) is 87.4 Å². The molecule has 7 heteroatoms. The zero-order valence-electron chi connectivity index (χ0n) is 16.0. The van der Waals surface area contributed by atoms with Gasteiger partial charge in [0.05, 0.1) is 36.0 Å². The molecule has 1 aromatic heterocycles. The van der Waals surface area contributed by atoms with Gasteiger partial charge in [-0.25, -0.2) is 9.37 Å². The van der Waals surface area contributed by atoms with Gasteiger partial charge in [-0.1, -0.05) is 24.3 Å². The van der Waals surface area contributed by atoms with Crippen molar-refractivity contribution in [3.8, 4) is 11.1 Å². The van der Waals surface area contributed by atoms with E-state index in [0.717, 1.165) is 13.0 Å². The van der Waals surface area contributed by atoms with E-state index in [1.807, 2.05) is 0 Å². The van der Waals surface area contributed by atoms with Crippen LogP contribution in [0.5, 0.6) is 0 Å². The Hall–Kier alpha value is -2.61. The zero-order chi connectivity index (χ0) is 20.4. The van der Waals surface area contributed by atoms with Crippen LogP contribution in [0, 0.1) is 5.82 Å². The molecule has 1 aliphatic heterocycles. The van der Waals surface area contributed by atoms with E-state index in [-0.39, 0.29) is 24.0 Å². The fourth-order valence-electron chi connectivity index (χ4n) is 4.00. The normalized spacial score (nSPS) is 20.7. The molecule has 1 unspecified atom stereocenters. The molecule has 0 spiro atoms. The standard InChI is InChI=1S/C22H24FN3O3/c23-15-5-1-4-14(10-15)17-6-2-7-18-21(17)22(29)26(13-25-18)12-16(27)11-19-20(28)8-3-9-24-19/h1-2,4-7,10,13,16,19-20,24,27-28H,3,8-9,11-12H2/t16?,19-,20+/m1/s1. The molecule has 2 aromatic carbocycles. The van der Waals surface area contributed by atoms with E-state index in [4.69, 9.17) is 0 Å². The zero-order valence-corrected chi connectivity index (χ0v) is 16.0. The smallest absolute Gasteiger partial charge is 0.261 e. The highest BCUT2D eigenvalue weighted by atomic mass is 19.1. The minimum absolute atomic E-state index is 0.0736. The Morgan fingerprint density at radius 2 is 2.10 bits per heavy atom. The molecule has 6 nitrogen and oxygen atoms in total. The van der Waals surface area contributed by atoms with Gasteiger partial charge < -0.3 is 15.5 Å². The summed E-state index contributed by atoms with van der Waals surface area (Å²) in [4.78, 5) is 17.5. The van der Waals surface area contributed by atoms with Crippen LogP contribution in [0.2, 0.25) is 0 Å². The SMILES string of the molecule is O=c1c2c(-c3cccc(F)c3)cccc2ncn1CC(O)C[C@H]1NCCC[C@@H]1O. The van der Waals surface area contributed by atoms with Crippen LogP contribution < -0.4 is 10.9 Å². The van der Waals surface area contributed by atoms with Crippen molar-refractivity contribution in [3.05, 3.63) is 65.0 Å². The number of hydrogen-bond acceptors (Lipinski definition) is 5.